The summed E-state index contributed by atoms with van der Waals surface area (Å²) in [6, 6.07) is 11.9. The van der Waals surface area contributed by atoms with Crippen molar-refractivity contribution in [1.29, 1.82) is 0 Å². The van der Waals surface area contributed by atoms with E-state index in [2.05, 4.69) is 0 Å². The first-order valence-corrected chi connectivity index (χ1v) is 8.36. The van der Waals surface area contributed by atoms with Crippen LogP contribution in [0.5, 0.6) is 0 Å². The van der Waals surface area contributed by atoms with E-state index in [4.69, 9.17) is 23.8 Å². The van der Waals surface area contributed by atoms with Gasteiger partial charge in [-0.2, -0.15) is 0 Å². The van der Waals surface area contributed by atoms with Gasteiger partial charge in [-0.15, -0.1) is 0 Å². The molecule has 6 heteroatoms. The molecule has 0 saturated carbocycles. The largest absolute Gasteiger partial charge is 0.270 e. The lowest BCUT2D eigenvalue weighted by atomic mass is 10.2. The van der Waals surface area contributed by atoms with E-state index in [1.54, 1.807) is 6.07 Å². The summed E-state index contributed by atoms with van der Waals surface area (Å²) in [6.07, 6.45) is 1.45. The third-order valence-electron chi connectivity index (χ3n) is 3.33. The number of carbonyl (C=O) groups excluding carboxylic acids is 1. The highest BCUT2D eigenvalue weighted by Crippen LogP contribution is 2.37. The van der Waals surface area contributed by atoms with Crippen molar-refractivity contribution in [3.63, 3.8) is 0 Å². The van der Waals surface area contributed by atoms with Gasteiger partial charge in [0.05, 0.1) is 15.6 Å². The summed E-state index contributed by atoms with van der Waals surface area (Å²) in [5, 5.41) is 0.255. The molecule has 0 unspecified atom stereocenters. The monoisotopic (exact) mass is 363 g/mol. The lowest BCUT2D eigenvalue weighted by molar-refractivity contribution is -0.113. The van der Waals surface area contributed by atoms with Crippen LogP contribution in [0.1, 0.15) is 11.1 Å². The predicted octanol–water partition coefficient (Wildman–Crippen LogP) is 5.19. The second kappa shape index (κ2) is 6.43. The molecule has 3 rings (SSSR count). The molecular formula is C17H11ClFNOS2. The molecule has 0 spiro atoms. The third kappa shape index (κ3) is 3.17. The van der Waals surface area contributed by atoms with Crippen LogP contribution < -0.4 is 4.90 Å². The highest BCUT2D eigenvalue weighted by Gasteiger charge is 2.33. The van der Waals surface area contributed by atoms with Crippen LogP contribution in [0.3, 0.4) is 0 Å². The Bertz CT molecular complexity index is 830. The molecule has 2 nitrogen and oxygen atoms in total. The van der Waals surface area contributed by atoms with Crippen LogP contribution in [-0.2, 0) is 4.79 Å². The number of thiocarbonyl (C=S) groups is 1. The Balaban J connectivity index is 2.00. The van der Waals surface area contributed by atoms with Gasteiger partial charge in [0.2, 0.25) is 0 Å². The van der Waals surface area contributed by atoms with Crippen LogP contribution in [0.2, 0.25) is 5.02 Å². The second-order valence-electron chi connectivity index (χ2n) is 4.99. The normalized spacial score (nSPS) is 16.5. The predicted molar refractivity (Wildman–Crippen MR) is 98.2 cm³/mol. The molecular weight excluding hydrogens is 353 g/mol. The number of carbonyl (C=O) groups is 1. The Hall–Kier alpha value is -1.69. The van der Waals surface area contributed by atoms with Crippen molar-refractivity contribution in [2.45, 2.75) is 6.92 Å². The zero-order valence-electron chi connectivity index (χ0n) is 12.0. The van der Waals surface area contributed by atoms with Crippen LogP contribution in [0, 0.1) is 12.7 Å². The number of nitrogens with zero attached hydrogens (tertiary/aromatic N) is 1. The molecule has 0 radical (unpaired) electrons. The molecule has 1 fully saturated rings. The number of anilines is 1. The first kappa shape index (κ1) is 16.2. The zero-order chi connectivity index (χ0) is 16.6. The molecule has 1 aliphatic rings. The van der Waals surface area contributed by atoms with Gasteiger partial charge in [0.25, 0.3) is 5.91 Å². The van der Waals surface area contributed by atoms with Gasteiger partial charge in [0.15, 0.2) is 4.32 Å². The summed E-state index contributed by atoms with van der Waals surface area (Å²) >= 11 is 12.5. The van der Waals surface area contributed by atoms with Crippen molar-refractivity contribution < 1.29 is 9.18 Å². The van der Waals surface area contributed by atoms with Gasteiger partial charge < -0.3 is 0 Å². The zero-order valence-corrected chi connectivity index (χ0v) is 14.4. The lowest BCUT2D eigenvalue weighted by Gasteiger charge is -2.14. The van der Waals surface area contributed by atoms with Gasteiger partial charge in [-0.25, -0.2) is 4.39 Å². The molecule has 0 atom stereocenters. The fourth-order valence-corrected chi connectivity index (χ4v) is 3.74. The molecule has 1 aliphatic heterocycles. The molecule has 0 N–H and O–H groups in total. The maximum atomic E-state index is 13.9. The Morgan fingerprint density at radius 1 is 1.26 bits per heavy atom. The summed E-state index contributed by atoms with van der Waals surface area (Å²) in [6.45, 7) is 1.94. The van der Waals surface area contributed by atoms with Crippen LogP contribution in [0.15, 0.2) is 47.4 Å². The molecule has 2 aromatic rings. The highest BCUT2D eigenvalue weighted by atomic mass is 35.5. The van der Waals surface area contributed by atoms with Gasteiger partial charge in [-0.1, -0.05) is 53.8 Å². The average Bonchev–Trinajstić information content (AvgIpc) is 2.77. The van der Waals surface area contributed by atoms with Crippen molar-refractivity contribution in [3.8, 4) is 0 Å². The van der Waals surface area contributed by atoms with E-state index in [1.807, 2.05) is 31.2 Å². The molecule has 116 valence electrons. The van der Waals surface area contributed by atoms with Gasteiger partial charge in [0, 0.05) is 5.56 Å². The Morgan fingerprint density at radius 2 is 2.00 bits per heavy atom. The van der Waals surface area contributed by atoms with Crippen molar-refractivity contribution in [3.05, 3.63) is 69.3 Å². The topological polar surface area (TPSA) is 20.3 Å². The van der Waals surface area contributed by atoms with Crippen molar-refractivity contribution >= 4 is 57.6 Å². The number of rotatable bonds is 2. The Kier molecular flexibility index (Phi) is 4.53. The maximum absolute atomic E-state index is 13.9. The Labute approximate surface area is 147 Å². The minimum Gasteiger partial charge on any atom is -0.268 e. The van der Waals surface area contributed by atoms with Crippen LogP contribution in [0.4, 0.5) is 10.1 Å². The fourth-order valence-electron chi connectivity index (χ4n) is 2.24. The molecule has 0 bridgehead atoms. The Morgan fingerprint density at radius 3 is 2.70 bits per heavy atom. The number of benzene rings is 2. The van der Waals surface area contributed by atoms with Crippen LogP contribution in [0.25, 0.3) is 6.08 Å². The summed E-state index contributed by atoms with van der Waals surface area (Å²) in [5.74, 6) is -0.747. The minimum atomic E-state index is -0.474. The molecule has 0 aromatic heterocycles. The standard InChI is InChI=1S/C17H11ClFNOS2/c1-10-4-2-5-11(8-10)20-16(21)15(23-17(20)22)9-12-13(18)6-3-7-14(12)19/h2-9H,1H3. The fraction of sp³-hybridized carbons (Fsp3) is 0.0588. The van der Waals surface area contributed by atoms with Crippen molar-refractivity contribution in [1.82, 2.24) is 0 Å². The van der Waals surface area contributed by atoms with E-state index < -0.39 is 5.82 Å². The molecule has 0 aliphatic carbocycles. The average molecular weight is 364 g/mol. The SMILES string of the molecule is Cc1cccc(N2C(=O)C(=Cc3c(F)cccc3Cl)SC2=S)c1. The lowest BCUT2D eigenvalue weighted by Crippen LogP contribution is -2.27. The number of amides is 1. The number of hydrogen-bond acceptors (Lipinski definition) is 3. The summed E-state index contributed by atoms with van der Waals surface area (Å²) in [5.41, 5.74) is 1.92. The molecule has 1 heterocycles. The number of hydrogen-bond donors (Lipinski definition) is 0. The van der Waals surface area contributed by atoms with E-state index in [0.717, 1.165) is 17.3 Å². The smallest absolute Gasteiger partial charge is 0.268 e. The third-order valence-corrected chi connectivity index (χ3v) is 4.96. The highest BCUT2D eigenvalue weighted by molar-refractivity contribution is 8.27. The van der Waals surface area contributed by atoms with Gasteiger partial charge in [-0.3, -0.25) is 9.69 Å². The molecule has 1 amide bonds. The summed E-state index contributed by atoms with van der Waals surface area (Å²) in [7, 11) is 0. The quantitative estimate of drug-likeness (QED) is 0.540. The second-order valence-corrected chi connectivity index (χ2v) is 7.07. The number of aryl methyl sites for hydroxylation is 1. The molecule has 1 saturated heterocycles. The van der Waals surface area contributed by atoms with Crippen molar-refractivity contribution in [2.24, 2.45) is 0 Å². The van der Waals surface area contributed by atoms with Crippen LogP contribution >= 0.6 is 35.6 Å². The number of halogens is 2. The summed E-state index contributed by atoms with van der Waals surface area (Å²) < 4.78 is 14.3. The van der Waals surface area contributed by atoms with Gasteiger partial charge in [-0.05, 0) is 42.8 Å². The first-order chi connectivity index (χ1) is 11.0. The molecule has 2 aromatic carbocycles. The van der Waals surface area contributed by atoms with E-state index in [-0.39, 0.29) is 16.5 Å². The van der Waals surface area contributed by atoms with Crippen LogP contribution in [-0.4, -0.2) is 10.2 Å². The first-order valence-electron chi connectivity index (χ1n) is 6.76. The van der Waals surface area contributed by atoms with E-state index in [0.29, 0.717) is 14.9 Å². The minimum absolute atomic E-state index is 0.193. The summed E-state index contributed by atoms with van der Waals surface area (Å²) in [4.78, 5) is 14.4. The number of thioether (sulfide) groups is 1. The van der Waals surface area contributed by atoms with E-state index in [1.165, 1.54) is 23.1 Å². The maximum Gasteiger partial charge on any atom is 0.270 e. The van der Waals surface area contributed by atoms with E-state index in [9.17, 15) is 9.18 Å². The van der Waals surface area contributed by atoms with Gasteiger partial charge in [0.1, 0.15) is 5.82 Å². The van der Waals surface area contributed by atoms with E-state index >= 15 is 0 Å². The van der Waals surface area contributed by atoms with Crippen molar-refractivity contribution in [2.75, 3.05) is 4.90 Å². The van der Waals surface area contributed by atoms with Gasteiger partial charge >= 0.3 is 0 Å². The molecule has 23 heavy (non-hydrogen) atoms.